The molecule has 1 nitrogen and oxygen atoms in total. The van der Waals surface area contributed by atoms with Gasteiger partial charge in [-0.1, -0.05) is 18.2 Å². The highest BCUT2D eigenvalue weighted by Crippen LogP contribution is 1.98. The Morgan fingerprint density at radius 3 is 2.38 bits per heavy atom. The summed E-state index contributed by atoms with van der Waals surface area (Å²) in [6.45, 7) is 0. The second-order valence-electron chi connectivity index (χ2n) is 2.76. The van der Waals surface area contributed by atoms with Crippen molar-refractivity contribution in [2.75, 3.05) is 0 Å². The van der Waals surface area contributed by atoms with Crippen LogP contribution in [0.25, 0.3) is 5.69 Å². The number of rotatable bonds is 1. The van der Waals surface area contributed by atoms with Crippen LogP contribution >= 0.6 is 0 Å². The molecule has 0 aliphatic heterocycles. The van der Waals surface area contributed by atoms with E-state index in [2.05, 4.69) is 0 Å². The van der Waals surface area contributed by atoms with E-state index in [1.807, 2.05) is 36.5 Å². The van der Waals surface area contributed by atoms with Crippen LogP contribution in [0.2, 0.25) is 0 Å². The molecule has 0 saturated heterocycles. The number of pyridine rings is 1. The van der Waals surface area contributed by atoms with Crippen molar-refractivity contribution in [1.29, 1.82) is 0 Å². The van der Waals surface area contributed by atoms with Crippen molar-refractivity contribution in [2.24, 2.45) is 0 Å². The molecule has 0 amide bonds. The van der Waals surface area contributed by atoms with Crippen molar-refractivity contribution in [1.82, 2.24) is 0 Å². The molecule has 0 spiro atoms. The Morgan fingerprint density at radius 1 is 0.923 bits per heavy atom. The van der Waals surface area contributed by atoms with E-state index < -0.39 is 0 Å². The summed E-state index contributed by atoms with van der Waals surface area (Å²) in [5.41, 5.74) is 0.960. The highest BCUT2D eigenvalue weighted by Gasteiger charge is 2.04. The van der Waals surface area contributed by atoms with Crippen molar-refractivity contribution in [2.45, 2.75) is 0 Å². The molecule has 0 saturated carbocycles. The lowest BCUT2D eigenvalue weighted by Crippen LogP contribution is -2.29. The van der Waals surface area contributed by atoms with Crippen molar-refractivity contribution >= 4 is 0 Å². The number of benzene rings is 1. The molecule has 0 aliphatic carbocycles. The van der Waals surface area contributed by atoms with E-state index in [1.165, 1.54) is 12.3 Å². The van der Waals surface area contributed by atoms with E-state index >= 15 is 0 Å². The third-order valence-electron chi connectivity index (χ3n) is 1.82. The number of hydrogen-bond donors (Lipinski definition) is 0. The van der Waals surface area contributed by atoms with Crippen LogP contribution in [0.4, 0.5) is 4.39 Å². The molecular formula is C11H9FN+. The van der Waals surface area contributed by atoms with Gasteiger partial charge in [0.2, 0.25) is 11.9 Å². The van der Waals surface area contributed by atoms with Gasteiger partial charge in [-0.25, -0.2) is 4.39 Å². The van der Waals surface area contributed by atoms with Gasteiger partial charge < -0.3 is 0 Å². The third kappa shape index (κ3) is 1.72. The van der Waals surface area contributed by atoms with Crippen LogP contribution in [0.15, 0.2) is 54.9 Å². The first kappa shape index (κ1) is 7.92. The smallest absolute Gasteiger partial charge is 0.200 e. The fourth-order valence-electron chi connectivity index (χ4n) is 1.21. The first-order valence-corrected chi connectivity index (χ1v) is 4.08. The van der Waals surface area contributed by atoms with Crippen LogP contribution < -0.4 is 4.57 Å². The maximum atomic E-state index is 12.8. The second-order valence-corrected chi connectivity index (χ2v) is 2.76. The van der Waals surface area contributed by atoms with E-state index in [-0.39, 0.29) is 5.82 Å². The largest absolute Gasteiger partial charge is 0.210 e. The number of halogens is 1. The average Bonchev–Trinajstić information content (AvgIpc) is 2.19. The van der Waals surface area contributed by atoms with E-state index in [4.69, 9.17) is 0 Å². The Hall–Kier alpha value is -1.70. The van der Waals surface area contributed by atoms with Crippen LogP contribution in [0.5, 0.6) is 0 Å². The fraction of sp³-hybridized carbons (Fsp3) is 0. The third-order valence-corrected chi connectivity index (χ3v) is 1.82. The zero-order chi connectivity index (χ0) is 9.10. The van der Waals surface area contributed by atoms with Gasteiger partial charge in [-0.15, -0.1) is 0 Å². The van der Waals surface area contributed by atoms with Crippen molar-refractivity contribution in [3.8, 4) is 5.69 Å². The number of para-hydroxylation sites is 1. The van der Waals surface area contributed by atoms with E-state index in [1.54, 1.807) is 10.6 Å². The van der Waals surface area contributed by atoms with Gasteiger partial charge in [0.05, 0.1) is 0 Å². The van der Waals surface area contributed by atoms with Gasteiger partial charge in [-0.05, 0) is 6.07 Å². The first-order valence-electron chi connectivity index (χ1n) is 4.08. The van der Waals surface area contributed by atoms with E-state index in [0.29, 0.717) is 0 Å². The van der Waals surface area contributed by atoms with Crippen molar-refractivity contribution < 1.29 is 8.96 Å². The Labute approximate surface area is 76.1 Å². The second kappa shape index (κ2) is 3.35. The maximum Gasteiger partial charge on any atom is 0.210 e. The predicted molar refractivity (Wildman–Crippen MR) is 47.9 cm³/mol. The van der Waals surface area contributed by atoms with Gasteiger partial charge in [-0.3, -0.25) is 0 Å². The van der Waals surface area contributed by atoms with Crippen LogP contribution in [0.1, 0.15) is 0 Å². The molecule has 1 aromatic heterocycles. The fourth-order valence-corrected chi connectivity index (χ4v) is 1.21. The molecular weight excluding hydrogens is 165 g/mol. The monoisotopic (exact) mass is 174 g/mol. The summed E-state index contributed by atoms with van der Waals surface area (Å²) in [5.74, 6) is -0.230. The summed E-state index contributed by atoms with van der Waals surface area (Å²) in [7, 11) is 0. The lowest BCUT2D eigenvalue weighted by Gasteiger charge is -1.93. The Bertz CT molecular complexity index is 398. The van der Waals surface area contributed by atoms with Gasteiger partial charge in [0.1, 0.15) is 0 Å². The maximum absolute atomic E-state index is 12.8. The minimum Gasteiger partial charge on any atom is -0.200 e. The van der Waals surface area contributed by atoms with Gasteiger partial charge >= 0.3 is 0 Å². The molecule has 13 heavy (non-hydrogen) atoms. The lowest BCUT2D eigenvalue weighted by atomic mass is 10.3. The van der Waals surface area contributed by atoms with E-state index in [9.17, 15) is 4.39 Å². The van der Waals surface area contributed by atoms with Crippen LogP contribution in [0.3, 0.4) is 0 Å². The molecule has 2 heteroatoms. The molecule has 0 aliphatic rings. The molecule has 0 unspecified atom stereocenters. The molecule has 1 heterocycles. The highest BCUT2D eigenvalue weighted by atomic mass is 19.1. The number of nitrogens with zero attached hydrogens (tertiary/aromatic N) is 1. The molecule has 0 N–H and O–H groups in total. The van der Waals surface area contributed by atoms with Gasteiger partial charge in [-0.2, -0.15) is 4.57 Å². The van der Waals surface area contributed by atoms with Crippen LogP contribution in [-0.2, 0) is 0 Å². The van der Waals surface area contributed by atoms with Crippen LogP contribution in [0, 0.1) is 5.82 Å². The van der Waals surface area contributed by atoms with Gasteiger partial charge in [0.25, 0.3) is 0 Å². The summed E-state index contributed by atoms with van der Waals surface area (Å²) in [6, 6.07) is 12.8. The molecule has 0 fully saturated rings. The summed E-state index contributed by atoms with van der Waals surface area (Å²) in [6.07, 6.45) is 3.27. The normalized spacial score (nSPS) is 9.92. The topological polar surface area (TPSA) is 3.88 Å². The lowest BCUT2D eigenvalue weighted by molar-refractivity contribution is -0.597. The van der Waals surface area contributed by atoms with Gasteiger partial charge in [0, 0.05) is 18.2 Å². The van der Waals surface area contributed by atoms with Gasteiger partial charge in [0.15, 0.2) is 12.0 Å². The summed E-state index contributed by atoms with van der Waals surface area (Å²) >= 11 is 0. The first-order chi connectivity index (χ1) is 6.36. The number of aromatic nitrogens is 1. The summed E-state index contributed by atoms with van der Waals surface area (Å²) < 4.78 is 14.6. The molecule has 0 atom stereocenters. The quantitative estimate of drug-likeness (QED) is 0.583. The van der Waals surface area contributed by atoms with Crippen LogP contribution in [-0.4, -0.2) is 0 Å². The zero-order valence-corrected chi connectivity index (χ0v) is 7.02. The average molecular weight is 174 g/mol. The molecule has 0 radical (unpaired) electrons. The van der Waals surface area contributed by atoms with Crippen molar-refractivity contribution in [3.05, 3.63) is 60.7 Å². The predicted octanol–water partition coefficient (Wildman–Crippen LogP) is 2.10. The summed E-state index contributed by atoms with van der Waals surface area (Å²) in [5, 5.41) is 0. The molecule has 2 rings (SSSR count). The minimum absolute atomic E-state index is 0.230. The SMILES string of the molecule is Fc1ccc[n+](-c2ccccc2)c1. The molecule has 0 bridgehead atoms. The zero-order valence-electron chi connectivity index (χ0n) is 7.02. The Kier molecular flexibility index (Phi) is 2.04. The Balaban J connectivity index is 2.48. The highest BCUT2D eigenvalue weighted by molar-refractivity contribution is 5.21. The number of hydrogen-bond acceptors (Lipinski definition) is 0. The minimum atomic E-state index is -0.230. The molecule has 2 aromatic rings. The van der Waals surface area contributed by atoms with Crippen molar-refractivity contribution in [3.63, 3.8) is 0 Å². The standard InChI is InChI=1S/C11H9FN/c12-10-5-4-8-13(9-10)11-6-2-1-3-7-11/h1-9H/q+1. The molecule has 1 aromatic carbocycles. The molecule has 64 valence electrons. The summed E-state index contributed by atoms with van der Waals surface area (Å²) in [4.78, 5) is 0. The van der Waals surface area contributed by atoms with E-state index in [0.717, 1.165) is 5.69 Å². The Morgan fingerprint density at radius 2 is 1.69 bits per heavy atom.